The first kappa shape index (κ1) is 17.3. The number of ketones is 2. The molecule has 2 aromatic carbocycles. The summed E-state index contributed by atoms with van der Waals surface area (Å²) in [6.45, 7) is 0. The van der Waals surface area contributed by atoms with Crippen molar-refractivity contribution in [2.24, 2.45) is 11.8 Å². The highest BCUT2D eigenvalue weighted by atomic mass is 16.2. The van der Waals surface area contributed by atoms with Crippen LogP contribution < -0.4 is 0 Å². The summed E-state index contributed by atoms with van der Waals surface area (Å²) in [6, 6.07) is 18.4. The smallest absolute Gasteiger partial charge is 0.174 e. The van der Waals surface area contributed by atoms with Gasteiger partial charge in [0.2, 0.25) is 0 Å². The third-order valence-corrected chi connectivity index (χ3v) is 4.90. The number of hydrogen-bond donors (Lipinski definition) is 0. The highest BCUT2D eigenvalue weighted by molar-refractivity contribution is 6.16. The molecule has 0 saturated heterocycles. The summed E-state index contributed by atoms with van der Waals surface area (Å²) in [4.78, 5) is 26.4. The molecule has 0 spiro atoms. The first-order valence-corrected chi connectivity index (χ1v) is 9.12. The molecule has 1 unspecified atom stereocenters. The third kappa shape index (κ3) is 4.33. The van der Waals surface area contributed by atoms with Gasteiger partial charge in [-0.25, -0.2) is 0 Å². The fourth-order valence-corrected chi connectivity index (χ4v) is 3.54. The van der Waals surface area contributed by atoms with E-state index in [0.29, 0.717) is 11.1 Å². The van der Waals surface area contributed by atoms with Crippen molar-refractivity contribution in [3.05, 3.63) is 83.9 Å². The third-order valence-electron chi connectivity index (χ3n) is 4.90. The molecule has 0 bridgehead atoms. The standard InChI is InChI=1S/C23H24O2/c24-22(19-14-8-4-9-15-19)21(18-12-6-2-1-3-7-13-18)23(25)20-16-10-5-11-17-20/h4-6,8-12,14-18,21H,1-3,7,13H2/b12-6-. The van der Waals surface area contributed by atoms with Gasteiger partial charge in [-0.1, -0.05) is 85.7 Å². The van der Waals surface area contributed by atoms with Crippen molar-refractivity contribution in [2.45, 2.75) is 32.1 Å². The molecule has 1 aliphatic rings. The minimum absolute atomic E-state index is 0.0271. The van der Waals surface area contributed by atoms with Gasteiger partial charge in [-0.2, -0.15) is 0 Å². The number of Topliss-reactive ketones (excluding diaryl/α,β-unsaturated/α-hetero) is 2. The second-order valence-corrected chi connectivity index (χ2v) is 6.67. The lowest BCUT2D eigenvalue weighted by atomic mass is 9.77. The quantitative estimate of drug-likeness (QED) is 0.411. The number of rotatable bonds is 5. The molecule has 3 rings (SSSR count). The molecule has 0 saturated carbocycles. The second kappa shape index (κ2) is 8.57. The predicted molar refractivity (Wildman–Crippen MR) is 101 cm³/mol. The van der Waals surface area contributed by atoms with E-state index in [2.05, 4.69) is 12.2 Å². The molecule has 128 valence electrons. The Hall–Kier alpha value is -2.48. The van der Waals surface area contributed by atoms with Crippen molar-refractivity contribution in [3.8, 4) is 0 Å². The van der Waals surface area contributed by atoms with E-state index in [9.17, 15) is 9.59 Å². The van der Waals surface area contributed by atoms with Crippen molar-refractivity contribution < 1.29 is 9.59 Å². The first-order chi connectivity index (χ1) is 12.3. The molecule has 2 heteroatoms. The van der Waals surface area contributed by atoms with Crippen LogP contribution in [0.25, 0.3) is 0 Å². The lowest BCUT2D eigenvalue weighted by Gasteiger charge is -2.24. The first-order valence-electron chi connectivity index (χ1n) is 9.12. The van der Waals surface area contributed by atoms with Gasteiger partial charge in [0.15, 0.2) is 11.6 Å². The molecule has 1 aliphatic carbocycles. The molecule has 0 heterocycles. The molecule has 0 radical (unpaired) electrons. The van der Waals surface area contributed by atoms with Gasteiger partial charge in [-0.05, 0) is 25.2 Å². The van der Waals surface area contributed by atoms with Gasteiger partial charge in [0.25, 0.3) is 0 Å². The largest absolute Gasteiger partial charge is 0.293 e. The van der Waals surface area contributed by atoms with Crippen LogP contribution in [0.3, 0.4) is 0 Å². The SMILES string of the molecule is O=C(c1ccccc1)C(C(=O)c1ccccc1)C1/C=C\CCCCC1. The Bertz CT molecular complexity index is 680. The normalized spacial score (nSPS) is 19.0. The lowest BCUT2D eigenvalue weighted by Crippen LogP contribution is -2.31. The topological polar surface area (TPSA) is 34.1 Å². The summed E-state index contributed by atoms with van der Waals surface area (Å²) < 4.78 is 0. The fraction of sp³-hybridized carbons (Fsp3) is 0.304. The summed E-state index contributed by atoms with van der Waals surface area (Å²) >= 11 is 0. The summed E-state index contributed by atoms with van der Waals surface area (Å²) in [5.41, 5.74) is 1.24. The van der Waals surface area contributed by atoms with E-state index < -0.39 is 5.92 Å². The maximum atomic E-state index is 13.2. The van der Waals surface area contributed by atoms with E-state index in [-0.39, 0.29) is 17.5 Å². The summed E-state index contributed by atoms with van der Waals surface area (Å²) in [5, 5.41) is 0. The lowest BCUT2D eigenvalue weighted by molar-refractivity contribution is 0.0765. The Kier molecular flexibility index (Phi) is 5.95. The maximum Gasteiger partial charge on any atom is 0.174 e. The van der Waals surface area contributed by atoms with Gasteiger partial charge >= 0.3 is 0 Å². The molecule has 0 aromatic heterocycles. The Morgan fingerprint density at radius 1 is 0.760 bits per heavy atom. The van der Waals surface area contributed by atoms with Gasteiger partial charge in [0, 0.05) is 11.1 Å². The molecule has 25 heavy (non-hydrogen) atoms. The van der Waals surface area contributed by atoms with E-state index in [1.807, 2.05) is 36.4 Å². The van der Waals surface area contributed by atoms with Crippen LogP contribution >= 0.6 is 0 Å². The highest BCUT2D eigenvalue weighted by Gasteiger charge is 2.34. The number of carbonyl (C=O) groups is 2. The number of allylic oxidation sites excluding steroid dienone is 2. The molecule has 2 nitrogen and oxygen atoms in total. The Morgan fingerprint density at radius 3 is 1.88 bits per heavy atom. The molecule has 0 N–H and O–H groups in total. The van der Waals surface area contributed by atoms with Crippen LogP contribution in [0.15, 0.2) is 72.8 Å². The monoisotopic (exact) mass is 332 g/mol. The van der Waals surface area contributed by atoms with Gasteiger partial charge < -0.3 is 0 Å². The number of carbonyl (C=O) groups excluding carboxylic acids is 2. The molecular formula is C23H24O2. The Labute approximate surface area is 149 Å². The summed E-state index contributed by atoms with van der Waals surface area (Å²) in [6.07, 6.45) is 9.58. The van der Waals surface area contributed by atoms with Crippen LogP contribution in [0.1, 0.15) is 52.8 Å². The van der Waals surface area contributed by atoms with Crippen LogP contribution in [-0.2, 0) is 0 Å². The van der Waals surface area contributed by atoms with Crippen LogP contribution in [0.5, 0.6) is 0 Å². The molecule has 0 aliphatic heterocycles. The van der Waals surface area contributed by atoms with Crippen molar-refractivity contribution in [1.82, 2.24) is 0 Å². The fourth-order valence-electron chi connectivity index (χ4n) is 3.54. The Balaban J connectivity index is 1.97. The minimum Gasteiger partial charge on any atom is -0.293 e. The summed E-state index contributed by atoms with van der Waals surface area (Å²) in [5.74, 6) is -0.797. The molecule has 2 aromatic rings. The van der Waals surface area contributed by atoms with Crippen molar-refractivity contribution >= 4 is 11.6 Å². The zero-order valence-corrected chi connectivity index (χ0v) is 14.4. The van der Waals surface area contributed by atoms with Gasteiger partial charge in [-0.15, -0.1) is 0 Å². The highest BCUT2D eigenvalue weighted by Crippen LogP contribution is 2.29. The molecule has 1 atom stereocenters. The van der Waals surface area contributed by atoms with Crippen molar-refractivity contribution in [3.63, 3.8) is 0 Å². The van der Waals surface area contributed by atoms with Crippen molar-refractivity contribution in [1.29, 1.82) is 0 Å². The van der Waals surface area contributed by atoms with Crippen LogP contribution in [0, 0.1) is 11.8 Å². The van der Waals surface area contributed by atoms with Crippen molar-refractivity contribution in [2.75, 3.05) is 0 Å². The van der Waals surface area contributed by atoms with Crippen LogP contribution in [-0.4, -0.2) is 11.6 Å². The van der Waals surface area contributed by atoms with Crippen LogP contribution in [0.4, 0.5) is 0 Å². The molecule has 0 fully saturated rings. The number of hydrogen-bond acceptors (Lipinski definition) is 2. The van der Waals surface area contributed by atoms with Gasteiger partial charge in [0.1, 0.15) is 0 Å². The average Bonchev–Trinajstić information content (AvgIpc) is 2.64. The zero-order valence-electron chi connectivity index (χ0n) is 14.4. The second-order valence-electron chi connectivity index (χ2n) is 6.67. The molecular weight excluding hydrogens is 308 g/mol. The van der Waals surface area contributed by atoms with Gasteiger partial charge in [0.05, 0.1) is 5.92 Å². The predicted octanol–water partition coefficient (Wildman–Crippen LogP) is 5.50. The van der Waals surface area contributed by atoms with E-state index in [4.69, 9.17) is 0 Å². The zero-order chi connectivity index (χ0) is 17.5. The van der Waals surface area contributed by atoms with Crippen LogP contribution in [0.2, 0.25) is 0 Å². The van der Waals surface area contributed by atoms with E-state index in [0.717, 1.165) is 25.7 Å². The average molecular weight is 332 g/mol. The van der Waals surface area contributed by atoms with Gasteiger partial charge in [-0.3, -0.25) is 9.59 Å². The van der Waals surface area contributed by atoms with E-state index in [1.54, 1.807) is 24.3 Å². The van der Waals surface area contributed by atoms with E-state index >= 15 is 0 Å². The minimum atomic E-state index is -0.640. The summed E-state index contributed by atoms with van der Waals surface area (Å²) in [7, 11) is 0. The maximum absolute atomic E-state index is 13.2. The van der Waals surface area contributed by atoms with E-state index in [1.165, 1.54) is 6.42 Å². The number of benzene rings is 2. The molecule has 0 amide bonds. The Morgan fingerprint density at radius 2 is 1.32 bits per heavy atom.